The first kappa shape index (κ1) is 26.0. The van der Waals surface area contributed by atoms with Crippen molar-refractivity contribution in [2.24, 2.45) is 0 Å². The molecule has 10 aromatic rings. The minimum atomic E-state index is 0.871. The molecule has 10 rings (SSSR count). The minimum Gasteiger partial charge on any atom is -0.456 e. The molecule has 0 aliphatic rings. The van der Waals surface area contributed by atoms with Gasteiger partial charge in [-0.2, -0.15) is 0 Å². The van der Waals surface area contributed by atoms with Crippen LogP contribution >= 0.6 is 0 Å². The van der Waals surface area contributed by atoms with Gasteiger partial charge in [-0.25, -0.2) is 0 Å². The number of rotatable bonds is 4. The van der Waals surface area contributed by atoms with Crippen molar-refractivity contribution >= 4 is 82.5 Å². The molecule has 2 aromatic heterocycles. The molecule has 3 nitrogen and oxygen atoms in total. The standard InChI is InChI=1S/C44H27NO2/c1-2-9-34-29(8-1)16-17-30-20-24-33(27-38(30)34)45(39-12-7-15-42-44(39)37-11-4-6-14-41(37)46-42)32-22-18-28(19-23-32)31-21-25-36-35-10-3-5-13-40(35)47-43(36)26-31/h1-27H. The Labute approximate surface area is 270 Å². The van der Waals surface area contributed by atoms with E-state index in [-0.39, 0.29) is 0 Å². The maximum atomic E-state index is 6.34. The summed E-state index contributed by atoms with van der Waals surface area (Å²) in [5.41, 5.74) is 9.04. The Balaban J connectivity index is 1.16. The van der Waals surface area contributed by atoms with E-state index in [0.717, 1.165) is 72.1 Å². The largest absolute Gasteiger partial charge is 0.456 e. The van der Waals surface area contributed by atoms with Gasteiger partial charge in [0.2, 0.25) is 0 Å². The first-order valence-electron chi connectivity index (χ1n) is 15.9. The predicted molar refractivity (Wildman–Crippen MR) is 196 cm³/mol. The number of benzene rings is 8. The monoisotopic (exact) mass is 601 g/mol. The zero-order valence-electron chi connectivity index (χ0n) is 25.4. The number of nitrogens with zero attached hydrogens (tertiary/aromatic N) is 1. The van der Waals surface area contributed by atoms with Gasteiger partial charge in [0.1, 0.15) is 22.3 Å². The van der Waals surface area contributed by atoms with Crippen LogP contribution in [0.4, 0.5) is 17.1 Å². The number of fused-ring (bicyclic) bond motifs is 9. The molecular weight excluding hydrogens is 574 g/mol. The molecule has 0 aliphatic heterocycles. The van der Waals surface area contributed by atoms with E-state index in [1.807, 2.05) is 24.3 Å². The highest BCUT2D eigenvalue weighted by Crippen LogP contribution is 2.44. The van der Waals surface area contributed by atoms with Crippen LogP contribution < -0.4 is 4.90 Å². The number of furan rings is 2. The van der Waals surface area contributed by atoms with E-state index in [0.29, 0.717) is 0 Å². The van der Waals surface area contributed by atoms with Gasteiger partial charge in [-0.1, -0.05) is 103 Å². The van der Waals surface area contributed by atoms with Gasteiger partial charge in [-0.05, 0) is 93.3 Å². The van der Waals surface area contributed by atoms with Crippen molar-refractivity contribution in [2.45, 2.75) is 0 Å². The van der Waals surface area contributed by atoms with Crippen molar-refractivity contribution in [1.29, 1.82) is 0 Å². The van der Waals surface area contributed by atoms with Crippen LogP contribution in [0.1, 0.15) is 0 Å². The fourth-order valence-electron chi connectivity index (χ4n) is 7.21. The van der Waals surface area contributed by atoms with E-state index < -0.39 is 0 Å². The summed E-state index contributed by atoms with van der Waals surface area (Å²) in [6.07, 6.45) is 0. The second kappa shape index (κ2) is 10.1. The smallest absolute Gasteiger partial charge is 0.137 e. The SMILES string of the molecule is c1ccc2c(c1)ccc1ccc(N(c3ccc(-c4ccc5c(c4)oc4ccccc45)cc3)c3cccc4oc5ccccc5c34)cc12. The molecule has 0 radical (unpaired) electrons. The van der Waals surface area contributed by atoms with E-state index in [4.69, 9.17) is 8.83 Å². The maximum absolute atomic E-state index is 6.34. The summed E-state index contributed by atoms with van der Waals surface area (Å²) in [4.78, 5) is 2.36. The summed E-state index contributed by atoms with van der Waals surface area (Å²) in [5.74, 6) is 0. The van der Waals surface area contributed by atoms with Crippen LogP contribution in [-0.2, 0) is 0 Å². The maximum Gasteiger partial charge on any atom is 0.137 e. The Hall–Kier alpha value is -6.32. The molecule has 0 amide bonds. The number of hydrogen-bond acceptors (Lipinski definition) is 3. The molecule has 2 heterocycles. The second-order valence-corrected chi connectivity index (χ2v) is 12.1. The van der Waals surface area contributed by atoms with Crippen LogP contribution in [-0.4, -0.2) is 0 Å². The third-order valence-corrected chi connectivity index (χ3v) is 9.45. The summed E-state index contributed by atoms with van der Waals surface area (Å²) in [6, 6.07) is 58.0. The lowest BCUT2D eigenvalue weighted by atomic mass is 10.00. The summed E-state index contributed by atoms with van der Waals surface area (Å²) < 4.78 is 12.6. The fourth-order valence-corrected chi connectivity index (χ4v) is 7.21. The van der Waals surface area contributed by atoms with Crippen molar-refractivity contribution < 1.29 is 8.83 Å². The first-order valence-corrected chi connectivity index (χ1v) is 15.9. The molecule has 8 aromatic carbocycles. The van der Waals surface area contributed by atoms with Crippen LogP contribution in [0.25, 0.3) is 76.5 Å². The quantitative estimate of drug-likeness (QED) is 0.188. The molecule has 220 valence electrons. The van der Waals surface area contributed by atoms with Gasteiger partial charge in [0.05, 0.1) is 11.1 Å². The van der Waals surface area contributed by atoms with E-state index in [2.05, 4.69) is 144 Å². The zero-order valence-corrected chi connectivity index (χ0v) is 25.4. The van der Waals surface area contributed by atoms with Crippen molar-refractivity contribution in [3.8, 4) is 11.1 Å². The number of hydrogen-bond donors (Lipinski definition) is 0. The lowest BCUT2D eigenvalue weighted by molar-refractivity contribution is 0.668. The van der Waals surface area contributed by atoms with Gasteiger partial charge in [-0.15, -0.1) is 0 Å². The normalized spacial score (nSPS) is 11.8. The molecule has 0 unspecified atom stereocenters. The highest BCUT2D eigenvalue weighted by molar-refractivity contribution is 6.14. The molecule has 0 saturated carbocycles. The van der Waals surface area contributed by atoms with Crippen LogP contribution in [0.15, 0.2) is 173 Å². The summed E-state index contributed by atoms with van der Waals surface area (Å²) in [7, 11) is 0. The molecule has 0 aliphatic carbocycles. The third-order valence-electron chi connectivity index (χ3n) is 9.45. The van der Waals surface area contributed by atoms with Gasteiger partial charge in [0, 0.05) is 27.5 Å². The summed E-state index contributed by atoms with van der Waals surface area (Å²) in [6.45, 7) is 0. The van der Waals surface area contributed by atoms with Gasteiger partial charge >= 0.3 is 0 Å². The Bertz CT molecular complexity index is 2800. The average molecular weight is 602 g/mol. The summed E-state index contributed by atoms with van der Waals surface area (Å²) in [5, 5.41) is 9.40. The van der Waals surface area contributed by atoms with Crippen LogP contribution in [0.5, 0.6) is 0 Å². The highest BCUT2D eigenvalue weighted by Gasteiger charge is 2.20. The molecule has 0 spiro atoms. The van der Waals surface area contributed by atoms with Crippen LogP contribution in [0.3, 0.4) is 0 Å². The third kappa shape index (κ3) is 4.07. The molecule has 0 N–H and O–H groups in total. The molecule has 0 fully saturated rings. The molecule has 47 heavy (non-hydrogen) atoms. The van der Waals surface area contributed by atoms with Crippen LogP contribution in [0.2, 0.25) is 0 Å². The van der Waals surface area contributed by atoms with E-state index in [1.165, 1.54) is 21.5 Å². The Morgan fingerprint density at radius 2 is 0.936 bits per heavy atom. The Morgan fingerprint density at radius 1 is 0.340 bits per heavy atom. The van der Waals surface area contributed by atoms with Gasteiger partial charge in [0.25, 0.3) is 0 Å². The molecule has 0 atom stereocenters. The van der Waals surface area contributed by atoms with Crippen molar-refractivity contribution in [3.05, 3.63) is 164 Å². The second-order valence-electron chi connectivity index (χ2n) is 12.1. The molecule has 3 heteroatoms. The molecule has 0 bridgehead atoms. The zero-order chi connectivity index (χ0) is 30.9. The molecule has 0 saturated heterocycles. The number of anilines is 3. The average Bonchev–Trinajstić information content (AvgIpc) is 3.70. The van der Waals surface area contributed by atoms with E-state index in [9.17, 15) is 0 Å². The lowest BCUT2D eigenvalue weighted by Crippen LogP contribution is -2.10. The van der Waals surface area contributed by atoms with Crippen LogP contribution in [0, 0.1) is 0 Å². The number of para-hydroxylation sites is 2. The van der Waals surface area contributed by atoms with Crippen molar-refractivity contribution in [2.75, 3.05) is 4.90 Å². The van der Waals surface area contributed by atoms with Gasteiger partial charge in [0.15, 0.2) is 0 Å². The van der Waals surface area contributed by atoms with Crippen molar-refractivity contribution in [3.63, 3.8) is 0 Å². The topological polar surface area (TPSA) is 29.5 Å². The van der Waals surface area contributed by atoms with Gasteiger partial charge < -0.3 is 13.7 Å². The highest BCUT2D eigenvalue weighted by atomic mass is 16.3. The Kier molecular flexibility index (Phi) is 5.57. The predicted octanol–water partition coefficient (Wildman–Crippen LogP) is 12.9. The van der Waals surface area contributed by atoms with E-state index in [1.54, 1.807) is 0 Å². The molecular formula is C44H27NO2. The van der Waals surface area contributed by atoms with E-state index >= 15 is 0 Å². The van der Waals surface area contributed by atoms with Gasteiger partial charge in [-0.3, -0.25) is 0 Å². The fraction of sp³-hybridized carbons (Fsp3) is 0. The first-order chi connectivity index (χ1) is 23.3. The summed E-state index contributed by atoms with van der Waals surface area (Å²) >= 11 is 0. The lowest BCUT2D eigenvalue weighted by Gasteiger charge is -2.27. The minimum absolute atomic E-state index is 0.871. The van der Waals surface area contributed by atoms with Crippen molar-refractivity contribution in [1.82, 2.24) is 0 Å². The Morgan fingerprint density at radius 3 is 1.79 bits per heavy atom.